The van der Waals surface area contributed by atoms with Crippen molar-refractivity contribution in [1.29, 1.82) is 0 Å². The quantitative estimate of drug-likeness (QED) is 0.730. The molecule has 27 heavy (non-hydrogen) atoms. The molecular weight excluding hydrogens is 362 g/mol. The molecule has 1 aliphatic rings. The van der Waals surface area contributed by atoms with Gasteiger partial charge in [-0.25, -0.2) is 4.98 Å². The van der Waals surface area contributed by atoms with Crippen molar-refractivity contribution < 1.29 is 9.90 Å². The lowest BCUT2D eigenvalue weighted by molar-refractivity contribution is 0.0412. The summed E-state index contributed by atoms with van der Waals surface area (Å²) in [5, 5.41) is 12.9. The molecule has 6 nitrogen and oxygen atoms in total. The summed E-state index contributed by atoms with van der Waals surface area (Å²) in [7, 11) is 0. The number of benzene rings is 1. The van der Waals surface area contributed by atoms with Crippen LogP contribution in [0, 0.1) is 6.92 Å². The molecule has 0 bridgehead atoms. The molecular formula is C20H19N3O3S. The molecule has 1 fully saturated rings. The van der Waals surface area contributed by atoms with Gasteiger partial charge in [-0.05, 0) is 35.9 Å². The van der Waals surface area contributed by atoms with Crippen molar-refractivity contribution >= 4 is 17.2 Å². The van der Waals surface area contributed by atoms with Crippen LogP contribution in [0.15, 0.2) is 52.8 Å². The number of thiophene rings is 1. The van der Waals surface area contributed by atoms with E-state index in [1.165, 1.54) is 22.4 Å². The Labute approximate surface area is 160 Å². The van der Waals surface area contributed by atoms with Gasteiger partial charge in [-0.3, -0.25) is 9.59 Å². The summed E-state index contributed by atoms with van der Waals surface area (Å²) in [5.41, 5.74) is 0.224. The number of nitrogens with one attached hydrogen (secondary N) is 1. The number of hydrogen-bond acceptors (Lipinski definition) is 5. The second-order valence-electron chi connectivity index (χ2n) is 6.78. The average Bonchev–Trinajstić information content (AvgIpc) is 3.32. The van der Waals surface area contributed by atoms with Gasteiger partial charge in [0.25, 0.3) is 11.5 Å². The monoisotopic (exact) mass is 381 g/mol. The summed E-state index contributed by atoms with van der Waals surface area (Å²) < 4.78 is 0. The number of likely N-dealkylation sites (tertiary alicyclic amines) is 1. The number of amides is 1. The van der Waals surface area contributed by atoms with E-state index in [1.807, 2.05) is 48.7 Å². The Kier molecular flexibility index (Phi) is 4.41. The molecule has 0 spiro atoms. The van der Waals surface area contributed by atoms with Crippen LogP contribution in [0.3, 0.4) is 0 Å². The summed E-state index contributed by atoms with van der Waals surface area (Å²) >= 11 is 1.46. The number of aryl methyl sites for hydroxylation is 1. The zero-order valence-electron chi connectivity index (χ0n) is 14.8. The fourth-order valence-corrected chi connectivity index (χ4v) is 4.21. The van der Waals surface area contributed by atoms with Crippen molar-refractivity contribution in [3.8, 4) is 10.7 Å². The zero-order valence-corrected chi connectivity index (χ0v) is 15.6. The molecule has 1 aliphatic heterocycles. The summed E-state index contributed by atoms with van der Waals surface area (Å²) in [6.45, 7) is 2.48. The van der Waals surface area contributed by atoms with Gasteiger partial charge in [0.05, 0.1) is 11.4 Å². The molecule has 0 aliphatic carbocycles. The van der Waals surface area contributed by atoms with Crippen LogP contribution >= 0.6 is 11.3 Å². The van der Waals surface area contributed by atoms with Crippen LogP contribution in [0.1, 0.15) is 27.9 Å². The normalized spacial score (nSPS) is 19.4. The van der Waals surface area contributed by atoms with E-state index >= 15 is 0 Å². The molecule has 2 aromatic heterocycles. The highest BCUT2D eigenvalue weighted by molar-refractivity contribution is 7.13. The van der Waals surface area contributed by atoms with Crippen LogP contribution in [0.2, 0.25) is 0 Å². The van der Waals surface area contributed by atoms with Crippen LogP contribution < -0.4 is 5.56 Å². The van der Waals surface area contributed by atoms with E-state index in [-0.39, 0.29) is 12.1 Å². The van der Waals surface area contributed by atoms with Crippen LogP contribution in [0.5, 0.6) is 0 Å². The van der Waals surface area contributed by atoms with Crippen molar-refractivity contribution in [2.75, 3.05) is 13.1 Å². The van der Waals surface area contributed by atoms with Gasteiger partial charge in [0, 0.05) is 12.7 Å². The summed E-state index contributed by atoms with van der Waals surface area (Å²) in [5.74, 6) is 0.0374. The van der Waals surface area contributed by atoms with E-state index in [2.05, 4.69) is 9.97 Å². The van der Waals surface area contributed by atoms with Gasteiger partial charge in [-0.2, -0.15) is 0 Å². The summed E-state index contributed by atoms with van der Waals surface area (Å²) in [4.78, 5) is 34.5. The Morgan fingerprint density at radius 1 is 1.30 bits per heavy atom. The number of hydrogen-bond donors (Lipinski definition) is 2. The van der Waals surface area contributed by atoms with E-state index in [0.717, 1.165) is 16.0 Å². The van der Waals surface area contributed by atoms with E-state index < -0.39 is 17.1 Å². The largest absolute Gasteiger partial charge is 0.383 e. The Morgan fingerprint density at radius 2 is 2.11 bits per heavy atom. The van der Waals surface area contributed by atoms with Crippen LogP contribution in [0.4, 0.5) is 0 Å². The molecule has 1 amide bonds. The molecule has 7 heteroatoms. The molecule has 0 saturated carbocycles. The Hall–Kier alpha value is -2.77. The smallest absolute Gasteiger partial charge is 0.264 e. The lowest BCUT2D eigenvalue weighted by atomic mass is 9.89. The van der Waals surface area contributed by atoms with Gasteiger partial charge in [-0.15, -0.1) is 11.3 Å². The predicted molar refractivity (Wildman–Crippen MR) is 104 cm³/mol. The maximum Gasteiger partial charge on any atom is 0.264 e. The van der Waals surface area contributed by atoms with Gasteiger partial charge in [0.15, 0.2) is 0 Å². The standard InChI is InChI=1S/C20H19N3O3S/c1-13-5-2-3-6-15(13)20(26)8-9-23(12-20)19(25)14-11-21-17(22-18(14)24)16-7-4-10-27-16/h2-7,10-11,26H,8-9,12H2,1H3,(H,21,22,24)/t20-/m0/s1. The number of carbonyl (C=O) groups excluding carboxylic acids is 1. The highest BCUT2D eigenvalue weighted by Crippen LogP contribution is 2.34. The van der Waals surface area contributed by atoms with Gasteiger partial charge < -0.3 is 15.0 Å². The SMILES string of the molecule is Cc1ccccc1[C@]1(O)CCN(C(=O)c2cnc(-c3cccs3)[nH]c2=O)C1. The average molecular weight is 381 g/mol. The summed E-state index contributed by atoms with van der Waals surface area (Å²) in [6.07, 6.45) is 1.75. The number of aromatic amines is 1. The molecule has 0 radical (unpaired) electrons. The molecule has 138 valence electrons. The van der Waals surface area contributed by atoms with E-state index in [4.69, 9.17) is 0 Å². The third kappa shape index (κ3) is 3.20. The highest BCUT2D eigenvalue weighted by Gasteiger charge is 2.41. The molecule has 3 heterocycles. The second kappa shape index (κ2) is 6.75. The number of β-amino-alcohol motifs (C(OH)–C–C–N with tert-alkyl or cyclic N) is 1. The number of carbonyl (C=O) groups is 1. The fourth-order valence-electron chi connectivity index (χ4n) is 3.54. The van der Waals surface area contributed by atoms with Gasteiger partial charge in [-0.1, -0.05) is 30.3 Å². The van der Waals surface area contributed by atoms with E-state index in [9.17, 15) is 14.7 Å². The van der Waals surface area contributed by atoms with E-state index in [1.54, 1.807) is 0 Å². The minimum absolute atomic E-state index is 0.00987. The Morgan fingerprint density at radius 3 is 2.81 bits per heavy atom. The molecule has 3 aromatic rings. The second-order valence-corrected chi connectivity index (χ2v) is 7.72. The van der Waals surface area contributed by atoms with Crippen molar-refractivity contribution in [2.45, 2.75) is 18.9 Å². The van der Waals surface area contributed by atoms with Crippen molar-refractivity contribution in [2.24, 2.45) is 0 Å². The topological polar surface area (TPSA) is 86.3 Å². The van der Waals surface area contributed by atoms with Crippen molar-refractivity contribution in [3.63, 3.8) is 0 Å². The fraction of sp³-hybridized carbons (Fsp3) is 0.250. The van der Waals surface area contributed by atoms with Gasteiger partial charge >= 0.3 is 0 Å². The number of aromatic nitrogens is 2. The number of H-pyrrole nitrogens is 1. The summed E-state index contributed by atoms with van der Waals surface area (Å²) in [6, 6.07) is 11.3. The van der Waals surface area contributed by atoms with Crippen LogP contribution in [-0.2, 0) is 5.60 Å². The zero-order chi connectivity index (χ0) is 19.0. The number of aliphatic hydroxyl groups is 1. The first-order chi connectivity index (χ1) is 13.0. The lowest BCUT2D eigenvalue weighted by Crippen LogP contribution is -2.37. The van der Waals surface area contributed by atoms with Crippen molar-refractivity contribution in [3.05, 3.63) is 75.0 Å². The van der Waals surface area contributed by atoms with E-state index in [0.29, 0.717) is 18.8 Å². The first-order valence-electron chi connectivity index (χ1n) is 8.69. The maximum atomic E-state index is 12.8. The molecule has 0 unspecified atom stereocenters. The van der Waals surface area contributed by atoms with Gasteiger partial charge in [0.2, 0.25) is 0 Å². The first-order valence-corrected chi connectivity index (χ1v) is 9.57. The molecule has 1 aromatic carbocycles. The van der Waals surface area contributed by atoms with Crippen LogP contribution in [-0.4, -0.2) is 39.0 Å². The lowest BCUT2D eigenvalue weighted by Gasteiger charge is -2.25. The molecule has 4 rings (SSSR count). The number of nitrogens with zero attached hydrogens (tertiary/aromatic N) is 2. The van der Waals surface area contributed by atoms with Gasteiger partial charge in [0.1, 0.15) is 17.0 Å². The molecule has 1 atom stereocenters. The maximum absolute atomic E-state index is 12.8. The Balaban J connectivity index is 1.58. The van der Waals surface area contributed by atoms with Crippen molar-refractivity contribution in [1.82, 2.24) is 14.9 Å². The predicted octanol–water partition coefficient (Wildman–Crippen LogP) is 2.54. The Bertz CT molecular complexity index is 1040. The highest BCUT2D eigenvalue weighted by atomic mass is 32.1. The first kappa shape index (κ1) is 17.6. The number of rotatable bonds is 3. The molecule has 2 N–H and O–H groups in total. The minimum atomic E-state index is -1.10. The third-order valence-electron chi connectivity index (χ3n) is 4.97. The molecule has 1 saturated heterocycles. The minimum Gasteiger partial charge on any atom is -0.383 e. The van der Waals surface area contributed by atoms with Crippen LogP contribution in [0.25, 0.3) is 10.7 Å². The third-order valence-corrected chi connectivity index (χ3v) is 5.84.